The first-order valence-corrected chi connectivity index (χ1v) is 8.67. The molecular formula is C20H23FN2O2. The van der Waals surface area contributed by atoms with Gasteiger partial charge in [-0.05, 0) is 61.7 Å². The molecule has 1 heterocycles. The molecule has 1 unspecified atom stereocenters. The Hall–Kier alpha value is -2.40. The van der Waals surface area contributed by atoms with Gasteiger partial charge in [0.25, 0.3) is 0 Å². The second-order valence-corrected chi connectivity index (χ2v) is 6.39. The fourth-order valence-corrected chi connectivity index (χ4v) is 2.98. The lowest BCUT2D eigenvalue weighted by Gasteiger charge is -2.10. The summed E-state index contributed by atoms with van der Waals surface area (Å²) < 4.78 is 18.7. The van der Waals surface area contributed by atoms with E-state index in [4.69, 9.17) is 4.74 Å². The Kier molecular flexibility index (Phi) is 6.01. The van der Waals surface area contributed by atoms with Crippen molar-refractivity contribution in [2.45, 2.75) is 25.9 Å². The summed E-state index contributed by atoms with van der Waals surface area (Å²) in [5.41, 5.74) is 1.68. The van der Waals surface area contributed by atoms with Crippen molar-refractivity contribution in [2.24, 2.45) is 5.92 Å². The Balaban J connectivity index is 1.49. The molecule has 1 fully saturated rings. The van der Waals surface area contributed by atoms with Gasteiger partial charge in [0.05, 0.1) is 0 Å². The molecule has 0 aliphatic carbocycles. The zero-order chi connectivity index (χ0) is 17.5. The van der Waals surface area contributed by atoms with Gasteiger partial charge in [-0.15, -0.1) is 0 Å². The van der Waals surface area contributed by atoms with Crippen LogP contribution in [0.15, 0.2) is 48.5 Å². The number of nitrogens with one attached hydrogen (secondary N) is 2. The summed E-state index contributed by atoms with van der Waals surface area (Å²) in [6.07, 6.45) is 2.61. The molecule has 2 N–H and O–H groups in total. The fraction of sp³-hybridized carbons (Fsp3) is 0.350. The minimum atomic E-state index is -0.323. The Bertz CT molecular complexity index is 714. The van der Waals surface area contributed by atoms with E-state index in [0.717, 1.165) is 37.2 Å². The summed E-state index contributed by atoms with van der Waals surface area (Å²) >= 11 is 0. The third-order valence-electron chi connectivity index (χ3n) is 4.35. The van der Waals surface area contributed by atoms with Gasteiger partial charge in [-0.3, -0.25) is 4.79 Å². The van der Waals surface area contributed by atoms with E-state index >= 15 is 0 Å². The van der Waals surface area contributed by atoms with Crippen LogP contribution in [-0.4, -0.2) is 19.0 Å². The van der Waals surface area contributed by atoms with Gasteiger partial charge in [-0.1, -0.05) is 18.2 Å². The van der Waals surface area contributed by atoms with Crippen LogP contribution >= 0.6 is 0 Å². The van der Waals surface area contributed by atoms with Crippen LogP contribution in [0.2, 0.25) is 0 Å². The maximum Gasteiger partial charge on any atom is 0.224 e. The van der Waals surface area contributed by atoms with Gasteiger partial charge >= 0.3 is 0 Å². The Morgan fingerprint density at radius 3 is 2.92 bits per heavy atom. The van der Waals surface area contributed by atoms with Crippen LogP contribution in [-0.2, 0) is 11.4 Å². The Morgan fingerprint density at radius 2 is 2.12 bits per heavy atom. The molecule has 0 radical (unpaired) electrons. The van der Waals surface area contributed by atoms with Crippen molar-refractivity contribution in [2.75, 3.05) is 18.4 Å². The zero-order valence-corrected chi connectivity index (χ0v) is 14.1. The van der Waals surface area contributed by atoms with Crippen LogP contribution in [0.3, 0.4) is 0 Å². The number of anilines is 1. The largest absolute Gasteiger partial charge is 0.489 e. The number of carbonyl (C=O) groups excluding carboxylic acids is 1. The number of hydrogen-bond donors (Lipinski definition) is 2. The van der Waals surface area contributed by atoms with Gasteiger partial charge in [0.1, 0.15) is 18.2 Å². The molecule has 1 aliphatic heterocycles. The van der Waals surface area contributed by atoms with E-state index < -0.39 is 0 Å². The summed E-state index contributed by atoms with van der Waals surface area (Å²) in [5.74, 6) is 0.808. The van der Waals surface area contributed by atoms with Crippen LogP contribution in [0.5, 0.6) is 5.75 Å². The maximum atomic E-state index is 13.2. The SMILES string of the molecule is O=C(CCC1CCNC1)Nc1cccc(COc2cccc(F)c2)c1. The molecule has 2 aromatic carbocycles. The molecule has 0 spiro atoms. The lowest BCUT2D eigenvalue weighted by molar-refractivity contribution is -0.116. The third kappa shape index (κ3) is 5.57. The van der Waals surface area contributed by atoms with E-state index in [-0.39, 0.29) is 11.7 Å². The number of carbonyl (C=O) groups is 1. The number of hydrogen-bond acceptors (Lipinski definition) is 3. The summed E-state index contributed by atoms with van der Waals surface area (Å²) in [6, 6.07) is 13.6. The van der Waals surface area contributed by atoms with Crippen molar-refractivity contribution in [3.05, 3.63) is 59.9 Å². The molecule has 3 rings (SSSR count). The predicted molar refractivity (Wildman–Crippen MR) is 96.0 cm³/mol. The molecule has 2 aromatic rings. The molecule has 0 saturated carbocycles. The molecule has 0 aromatic heterocycles. The highest BCUT2D eigenvalue weighted by Crippen LogP contribution is 2.18. The molecule has 1 saturated heterocycles. The second-order valence-electron chi connectivity index (χ2n) is 6.39. The molecule has 0 bridgehead atoms. The molecule has 1 amide bonds. The van der Waals surface area contributed by atoms with E-state index in [1.54, 1.807) is 12.1 Å². The van der Waals surface area contributed by atoms with Crippen LogP contribution in [0.25, 0.3) is 0 Å². The van der Waals surface area contributed by atoms with Gasteiger partial charge in [-0.2, -0.15) is 0 Å². The van der Waals surface area contributed by atoms with Crippen molar-refractivity contribution >= 4 is 11.6 Å². The molecule has 4 nitrogen and oxygen atoms in total. The number of ether oxygens (including phenoxy) is 1. The first-order valence-electron chi connectivity index (χ1n) is 8.67. The average molecular weight is 342 g/mol. The van der Waals surface area contributed by atoms with Crippen LogP contribution in [0, 0.1) is 11.7 Å². The number of amides is 1. The highest BCUT2D eigenvalue weighted by Gasteiger charge is 2.15. The van der Waals surface area contributed by atoms with E-state index in [9.17, 15) is 9.18 Å². The highest BCUT2D eigenvalue weighted by molar-refractivity contribution is 5.90. The van der Waals surface area contributed by atoms with Crippen molar-refractivity contribution < 1.29 is 13.9 Å². The number of halogens is 1. The number of rotatable bonds is 7. The lowest BCUT2D eigenvalue weighted by Crippen LogP contribution is -2.15. The minimum Gasteiger partial charge on any atom is -0.489 e. The summed E-state index contributed by atoms with van der Waals surface area (Å²) in [6.45, 7) is 2.39. The summed E-state index contributed by atoms with van der Waals surface area (Å²) in [5, 5.41) is 6.25. The zero-order valence-electron chi connectivity index (χ0n) is 14.1. The van der Waals surface area contributed by atoms with Crippen molar-refractivity contribution in [1.82, 2.24) is 5.32 Å². The smallest absolute Gasteiger partial charge is 0.224 e. The number of benzene rings is 2. The Morgan fingerprint density at radius 1 is 1.24 bits per heavy atom. The first kappa shape index (κ1) is 17.4. The van der Waals surface area contributed by atoms with Gasteiger partial charge in [0, 0.05) is 18.2 Å². The van der Waals surface area contributed by atoms with Gasteiger partial charge in [0.2, 0.25) is 5.91 Å². The average Bonchev–Trinajstić information content (AvgIpc) is 3.12. The van der Waals surface area contributed by atoms with E-state index in [2.05, 4.69) is 10.6 Å². The topological polar surface area (TPSA) is 50.4 Å². The molecule has 25 heavy (non-hydrogen) atoms. The highest BCUT2D eigenvalue weighted by atomic mass is 19.1. The van der Waals surface area contributed by atoms with Crippen molar-refractivity contribution in [3.63, 3.8) is 0 Å². The van der Waals surface area contributed by atoms with Gasteiger partial charge in [0.15, 0.2) is 0 Å². The maximum absolute atomic E-state index is 13.2. The fourth-order valence-electron chi connectivity index (χ4n) is 2.98. The lowest BCUT2D eigenvalue weighted by atomic mass is 10.0. The summed E-state index contributed by atoms with van der Waals surface area (Å²) in [4.78, 5) is 12.1. The first-order chi connectivity index (χ1) is 12.2. The van der Waals surface area contributed by atoms with E-state index in [0.29, 0.717) is 24.7 Å². The van der Waals surface area contributed by atoms with Gasteiger partial charge in [-0.25, -0.2) is 4.39 Å². The molecule has 1 aliphatic rings. The summed E-state index contributed by atoms with van der Waals surface area (Å²) in [7, 11) is 0. The van der Waals surface area contributed by atoms with Crippen LogP contribution in [0.4, 0.5) is 10.1 Å². The van der Waals surface area contributed by atoms with Crippen LogP contribution in [0.1, 0.15) is 24.8 Å². The molecule has 1 atom stereocenters. The normalized spacial score (nSPS) is 16.6. The molecule has 5 heteroatoms. The predicted octanol–water partition coefficient (Wildman–Crippen LogP) is 3.73. The van der Waals surface area contributed by atoms with Crippen molar-refractivity contribution in [3.8, 4) is 5.75 Å². The monoisotopic (exact) mass is 342 g/mol. The Labute approximate surface area is 147 Å². The van der Waals surface area contributed by atoms with Crippen LogP contribution < -0.4 is 15.4 Å². The minimum absolute atomic E-state index is 0.0371. The second kappa shape index (κ2) is 8.62. The van der Waals surface area contributed by atoms with E-state index in [1.807, 2.05) is 24.3 Å². The van der Waals surface area contributed by atoms with E-state index in [1.165, 1.54) is 12.1 Å². The van der Waals surface area contributed by atoms with Crippen molar-refractivity contribution in [1.29, 1.82) is 0 Å². The third-order valence-corrected chi connectivity index (χ3v) is 4.35. The molecular weight excluding hydrogens is 319 g/mol. The standard InChI is InChI=1S/C20H23FN2O2/c21-17-4-2-6-19(12-17)25-14-16-3-1-5-18(11-16)23-20(24)8-7-15-9-10-22-13-15/h1-6,11-12,15,22H,7-10,13-14H2,(H,23,24). The quantitative estimate of drug-likeness (QED) is 0.806. The molecule has 132 valence electrons. The van der Waals surface area contributed by atoms with Gasteiger partial charge < -0.3 is 15.4 Å².